The Balaban J connectivity index is 1.35. The van der Waals surface area contributed by atoms with Crippen molar-refractivity contribution < 1.29 is 9.59 Å². The van der Waals surface area contributed by atoms with Gasteiger partial charge >= 0.3 is 6.03 Å². The van der Waals surface area contributed by atoms with E-state index in [1.165, 1.54) is 0 Å². The molecule has 2 fully saturated rings. The molecular formula is C24H23N9O2. The number of rotatable bonds is 7. The fraction of sp³-hybridized carbons (Fsp3) is 0.208. The lowest BCUT2D eigenvalue weighted by molar-refractivity contribution is -0.115. The number of urea groups is 1. The monoisotopic (exact) mass is 469 g/mol. The van der Waals surface area contributed by atoms with Crippen LogP contribution in [0.1, 0.15) is 29.8 Å². The van der Waals surface area contributed by atoms with Crippen molar-refractivity contribution in [1.82, 2.24) is 34.8 Å². The molecular weight excluding hydrogens is 446 g/mol. The van der Waals surface area contributed by atoms with E-state index in [1.54, 1.807) is 23.0 Å². The summed E-state index contributed by atoms with van der Waals surface area (Å²) in [5.41, 5.74) is 3.48. The van der Waals surface area contributed by atoms with Crippen LogP contribution in [0.3, 0.4) is 0 Å². The summed E-state index contributed by atoms with van der Waals surface area (Å²) >= 11 is 0. The second kappa shape index (κ2) is 8.28. The van der Waals surface area contributed by atoms with Crippen molar-refractivity contribution in [3.8, 4) is 5.69 Å². The maximum atomic E-state index is 12.0. The molecule has 0 bridgehead atoms. The highest BCUT2D eigenvalue weighted by Gasteiger charge is 2.25. The van der Waals surface area contributed by atoms with Crippen molar-refractivity contribution in [2.45, 2.75) is 32.4 Å². The minimum atomic E-state index is -0.545. The Kier molecular flexibility index (Phi) is 4.94. The number of imidazole rings is 1. The predicted molar refractivity (Wildman–Crippen MR) is 130 cm³/mol. The molecule has 0 spiro atoms. The molecule has 1 aromatic carbocycles. The van der Waals surface area contributed by atoms with E-state index in [1.807, 2.05) is 31.3 Å². The molecule has 4 N–H and O–H groups in total. The molecule has 1 saturated carbocycles. The molecule has 3 aromatic heterocycles. The molecule has 4 aromatic rings. The zero-order valence-corrected chi connectivity index (χ0v) is 18.9. The fourth-order valence-corrected chi connectivity index (χ4v) is 4.06. The van der Waals surface area contributed by atoms with E-state index in [0.717, 1.165) is 35.7 Å². The van der Waals surface area contributed by atoms with Gasteiger partial charge in [0, 0.05) is 36.6 Å². The number of fused-ring (bicyclic) bond motifs is 1. The second-order valence-electron chi connectivity index (χ2n) is 8.57. The van der Waals surface area contributed by atoms with Crippen LogP contribution in [0.5, 0.6) is 0 Å². The third-order valence-corrected chi connectivity index (χ3v) is 5.99. The number of nitrogens with one attached hydrogen (secondary N) is 4. The summed E-state index contributed by atoms with van der Waals surface area (Å²) < 4.78 is 3.77. The first-order valence-electron chi connectivity index (χ1n) is 11.4. The van der Waals surface area contributed by atoms with Crippen molar-refractivity contribution in [2.24, 2.45) is 0 Å². The van der Waals surface area contributed by atoms with Crippen LogP contribution in [0.4, 0.5) is 16.4 Å². The van der Waals surface area contributed by atoms with Gasteiger partial charge in [0.2, 0.25) is 0 Å². The highest BCUT2D eigenvalue weighted by molar-refractivity contribution is 6.14. The third kappa shape index (κ3) is 4.07. The Morgan fingerprint density at radius 2 is 2.06 bits per heavy atom. The Labute approximate surface area is 200 Å². The molecule has 3 amide bonds. The SMILES string of the molecule is Cc1nccn1-c1ccccc1CNc1cc(NC2CC2)n2ncc(/C=C3\NC(=O)NC3=O)c2n1. The normalized spacial score (nSPS) is 16.5. The van der Waals surface area contributed by atoms with Crippen molar-refractivity contribution in [2.75, 3.05) is 10.6 Å². The van der Waals surface area contributed by atoms with Crippen LogP contribution in [0, 0.1) is 6.92 Å². The molecule has 11 heteroatoms. The standard InChI is InChI=1S/C24H23N9O2/c1-14-25-8-9-32(14)19-5-3-2-4-15(19)12-26-20-11-21(28-17-6-7-17)33-22(30-20)16(13-27-33)10-18-23(34)31-24(35)29-18/h2-5,8-11,13,17,28H,6-7,12H2,1H3,(H,26,30)(H2,29,31,34,35)/b18-10-. The maximum Gasteiger partial charge on any atom is 0.326 e. The molecule has 0 atom stereocenters. The first-order valence-corrected chi connectivity index (χ1v) is 11.4. The van der Waals surface area contributed by atoms with Gasteiger partial charge in [0.25, 0.3) is 5.91 Å². The molecule has 6 rings (SSSR count). The second-order valence-corrected chi connectivity index (χ2v) is 8.57. The molecule has 1 saturated heterocycles. The van der Waals surface area contributed by atoms with Crippen molar-refractivity contribution in [1.29, 1.82) is 0 Å². The molecule has 35 heavy (non-hydrogen) atoms. The molecule has 0 radical (unpaired) electrons. The van der Waals surface area contributed by atoms with Gasteiger partial charge in [-0.2, -0.15) is 9.61 Å². The van der Waals surface area contributed by atoms with E-state index in [9.17, 15) is 9.59 Å². The summed E-state index contributed by atoms with van der Waals surface area (Å²) in [6.45, 7) is 2.51. The molecule has 4 heterocycles. The van der Waals surface area contributed by atoms with Gasteiger partial charge in [-0.05, 0) is 37.5 Å². The van der Waals surface area contributed by atoms with Crippen LogP contribution in [0.2, 0.25) is 0 Å². The van der Waals surface area contributed by atoms with Gasteiger partial charge in [-0.15, -0.1) is 0 Å². The number of aromatic nitrogens is 5. The van der Waals surface area contributed by atoms with Crippen LogP contribution in [-0.2, 0) is 11.3 Å². The lowest BCUT2D eigenvalue weighted by Crippen LogP contribution is -2.22. The average molecular weight is 470 g/mol. The highest BCUT2D eigenvalue weighted by atomic mass is 16.2. The van der Waals surface area contributed by atoms with Crippen molar-refractivity contribution >= 4 is 35.3 Å². The summed E-state index contributed by atoms with van der Waals surface area (Å²) in [6, 6.07) is 9.94. The number of nitrogens with zero attached hydrogens (tertiary/aromatic N) is 5. The molecule has 0 unspecified atom stereocenters. The zero-order valence-electron chi connectivity index (χ0n) is 18.9. The van der Waals surface area contributed by atoms with E-state index in [4.69, 9.17) is 4.98 Å². The minimum absolute atomic E-state index is 0.159. The Morgan fingerprint density at radius 3 is 2.80 bits per heavy atom. The topological polar surface area (TPSA) is 130 Å². The number of hydrogen-bond donors (Lipinski definition) is 4. The van der Waals surface area contributed by atoms with Gasteiger partial charge in [-0.1, -0.05) is 18.2 Å². The van der Waals surface area contributed by atoms with Crippen molar-refractivity contribution in [3.05, 3.63) is 71.6 Å². The lowest BCUT2D eigenvalue weighted by atomic mass is 10.1. The molecule has 176 valence electrons. The van der Waals surface area contributed by atoms with E-state index < -0.39 is 11.9 Å². The van der Waals surface area contributed by atoms with E-state index >= 15 is 0 Å². The van der Waals surface area contributed by atoms with Gasteiger partial charge < -0.3 is 20.5 Å². The van der Waals surface area contributed by atoms with Crippen molar-refractivity contribution in [3.63, 3.8) is 0 Å². The van der Waals surface area contributed by atoms with Crippen LogP contribution < -0.4 is 21.3 Å². The van der Waals surface area contributed by atoms with Gasteiger partial charge in [-0.3, -0.25) is 10.1 Å². The van der Waals surface area contributed by atoms with Crippen LogP contribution in [0.15, 0.2) is 54.6 Å². The minimum Gasteiger partial charge on any atom is -0.367 e. The van der Waals surface area contributed by atoms with Crippen LogP contribution in [0.25, 0.3) is 17.4 Å². The quantitative estimate of drug-likeness (QED) is 0.242. The Bertz CT molecular complexity index is 1500. The number of carbonyl (C=O) groups excluding carboxylic acids is 2. The maximum absolute atomic E-state index is 12.0. The first kappa shape index (κ1) is 20.9. The Hall–Kier alpha value is -4.67. The summed E-state index contributed by atoms with van der Waals surface area (Å²) in [5, 5.41) is 16.1. The summed E-state index contributed by atoms with van der Waals surface area (Å²) in [6.07, 6.45) is 9.15. The average Bonchev–Trinajstić information content (AvgIpc) is 3.26. The summed E-state index contributed by atoms with van der Waals surface area (Å²) in [5.74, 6) is 1.90. The van der Waals surface area contributed by atoms with Gasteiger partial charge in [0.1, 0.15) is 23.2 Å². The number of aryl methyl sites for hydroxylation is 1. The zero-order chi connectivity index (χ0) is 23.9. The largest absolute Gasteiger partial charge is 0.367 e. The molecule has 1 aliphatic heterocycles. The van der Waals surface area contributed by atoms with Gasteiger partial charge in [-0.25, -0.2) is 14.8 Å². The molecule has 11 nitrogen and oxygen atoms in total. The fourth-order valence-electron chi connectivity index (χ4n) is 4.06. The highest BCUT2D eigenvalue weighted by Crippen LogP contribution is 2.28. The summed E-state index contributed by atoms with van der Waals surface area (Å²) in [7, 11) is 0. The number of carbonyl (C=O) groups is 2. The Morgan fingerprint density at radius 1 is 1.20 bits per heavy atom. The van der Waals surface area contributed by atoms with Gasteiger partial charge in [0.05, 0.1) is 11.9 Å². The van der Waals surface area contributed by atoms with Crippen LogP contribution >= 0.6 is 0 Å². The van der Waals surface area contributed by atoms with E-state index in [0.29, 0.717) is 29.6 Å². The smallest absolute Gasteiger partial charge is 0.326 e. The third-order valence-electron chi connectivity index (χ3n) is 5.99. The number of hydrogen-bond acceptors (Lipinski definition) is 7. The van der Waals surface area contributed by atoms with E-state index in [-0.39, 0.29) is 5.70 Å². The number of anilines is 2. The summed E-state index contributed by atoms with van der Waals surface area (Å²) in [4.78, 5) is 32.6. The number of benzene rings is 1. The van der Waals surface area contributed by atoms with E-state index in [2.05, 4.69) is 48.0 Å². The molecule has 2 aliphatic rings. The van der Waals surface area contributed by atoms with Crippen LogP contribution in [-0.4, -0.2) is 42.1 Å². The molecule has 1 aliphatic carbocycles. The number of para-hydroxylation sites is 1. The predicted octanol–water partition coefficient (Wildman–Crippen LogP) is 2.59. The number of imide groups is 1. The lowest BCUT2D eigenvalue weighted by Gasteiger charge is -2.14. The number of amides is 3. The first-order chi connectivity index (χ1) is 17.0. The van der Waals surface area contributed by atoms with Gasteiger partial charge in [0.15, 0.2) is 5.65 Å².